The molecule has 1 heterocycles. The van der Waals surface area contributed by atoms with Gasteiger partial charge >= 0.3 is 0 Å². The van der Waals surface area contributed by atoms with Crippen LogP contribution >= 0.6 is 0 Å². The van der Waals surface area contributed by atoms with Gasteiger partial charge in [-0.1, -0.05) is 50.2 Å². The fourth-order valence-electron chi connectivity index (χ4n) is 3.42. The van der Waals surface area contributed by atoms with Gasteiger partial charge in [-0.25, -0.2) is 0 Å². The van der Waals surface area contributed by atoms with Crippen LogP contribution in [0.1, 0.15) is 38.8 Å². The average Bonchev–Trinajstić information content (AvgIpc) is 2.69. The molecule has 0 spiro atoms. The molecule has 0 aromatic heterocycles. The van der Waals surface area contributed by atoms with Crippen molar-refractivity contribution in [2.75, 3.05) is 10.2 Å². The number of carbonyl (C=O) groups is 1. The van der Waals surface area contributed by atoms with Crippen LogP contribution in [0.5, 0.6) is 0 Å². The summed E-state index contributed by atoms with van der Waals surface area (Å²) in [6, 6.07) is 17.2. The number of nitrogens with one attached hydrogen (secondary N) is 1. The van der Waals surface area contributed by atoms with Crippen LogP contribution in [0.3, 0.4) is 0 Å². The minimum atomic E-state index is -0.0372. The van der Waals surface area contributed by atoms with Gasteiger partial charge < -0.3 is 10.2 Å². The lowest BCUT2D eigenvalue weighted by Crippen LogP contribution is -2.38. The fourth-order valence-corrected chi connectivity index (χ4v) is 3.42. The number of hydrogen-bond acceptors (Lipinski definition) is 2. The highest BCUT2D eigenvalue weighted by molar-refractivity contribution is 5.89. The lowest BCUT2D eigenvalue weighted by Gasteiger charge is -2.31. The Morgan fingerprint density at radius 3 is 2.52 bits per heavy atom. The first-order chi connectivity index (χ1) is 10.9. The second-order valence-corrected chi connectivity index (χ2v) is 6.92. The highest BCUT2D eigenvalue weighted by Gasteiger charge is 2.41. The average molecular weight is 308 g/mol. The van der Waals surface area contributed by atoms with E-state index in [2.05, 4.69) is 67.4 Å². The molecule has 1 atom stereocenters. The van der Waals surface area contributed by atoms with E-state index in [1.54, 1.807) is 6.92 Å². The van der Waals surface area contributed by atoms with Crippen LogP contribution in [0, 0.1) is 0 Å². The van der Waals surface area contributed by atoms with Gasteiger partial charge in [0.15, 0.2) is 0 Å². The Balaban J connectivity index is 2.00. The minimum Gasteiger partial charge on any atom is -0.363 e. The number of fused-ring (bicyclic) bond motifs is 1. The van der Waals surface area contributed by atoms with E-state index in [0.29, 0.717) is 6.04 Å². The van der Waals surface area contributed by atoms with Gasteiger partial charge in [-0.15, -0.1) is 0 Å². The van der Waals surface area contributed by atoms with E-state index in [1.807, 2.05) is 12.1 Å². The first-order valence-corrected chi connectivity index (χ1v) is 8.12. The molecule has 1 aliphatic rings. The molecule has 3 heteroatoms. The van der Waals surface area contributed by atoms with Crippen LogP contribution in [0.2, 0.25) is 0 Å². The van der Waals surface area contributed by atoms with Crippen molar-refractivity contribution in [2.45, 2.75) is 45.7 Å². The molecule has 0 fully saturated rings. The Morgan fingerprint density at radius 1 is 1.17 bits per heavy atom. The van der Waals surface area contributed by atoms with E-state index in [9.17, 15) is 4.79 Å². The van der Waals surface area contributed by atoms with Crippen molar-refractivity contribution >= 4 is 17.3 Å². The van der Waals surface area contributed by atoms with E-state index in [-0.39, 0.29) is 11.3 Å². The third-order valence-corrected chi connectivity index (χ3v) is 5.03. The van der Waals surface area contributed by atoms with Crippen LogP contribution in [-0.4, -0.2) is 11.9 Å². The van der Waals surface area contributed by atoms with Gasteiger partial charge in [0.05, 0.1) is 0 Å². The Morgan fingerprint density at radius 2 is 1.87 bits per heavy atom. The summed E-state index contributed by atoms with van der Waals surface area (Å²) in [4.78, 5) is 13.8. The summed E-state index contributed by atoms with van der Waals surface area (Å²) in [5, 5.41) is 2.90. The van der Waals surface area contributed by atoms with Gasteiger partial charge in [-0.3, -0.25) is 4.79 Å². The number of anilines is 2. The van der Waals surface area contributed by atoms with Crippen molar-refractivity contribution in [3.8, 4) is 0 Å². The van der Waals surface area contributed by atoms with Crippen molar-refractivity contribution < 1.29 is 4.79 Å². The van der Waals surface area contributed by atoms with Gasteiger partial charge in [-0.05, 0) is 30.2 Å². The quantitative estimate of drug-likeness (QED) is 0.915. The molecule has 1 amide bonds. The molecule has 0 aliphatic carbocycles. The van der Waals surface area contributed by atoms with Crippen LogP contribution < -0.4 is 10.2 Å². The van der Waals surface area contributed by atoms with Crippen LogP contribution in [-0.2, 0) is 16.8 Å². The third kappa shape index (κ3) is 2.83. The van der Waals surface area contributed by atoms with Gasteiger partial charge in [0.1, 0.15) is 0 Å². The molecule has 0 bridgehead atoms. The maximum Gasteiger partial charge on any atom is 0.221 e. The second kappa shape index (κ2) is 5.73. The molecular weight excluding hydrogens is 284 g/mol. The smallest absolute Gasteiger partial charge is 0.221 e. The number of hydrogen-bond donors (Lipinski definition) is 1. The zero-order chi connectivity index (χ0) is 16.6. The summed E-state index contributed by atoms with van der Waals surface area (Å²) in [5.74, 6) is -0.0372. The molecule has 1 N–H and O–H groups in total. The second-order valence-electron chi connectivity index (χ2n) is 6.92. The lowest BCUT2D eigenvalue weighted by molar-refractivity contribution is -0.114. The molecule has 2 aromatic carbocycles. The zero-order valence-corrected chi connectivity index (χ0v) is 14.3. The molecule has 23 heavy (non-hydrogen) atoms. The standard InChI is InChI=1S/C20H24N2O/c1-14-20(3,4)18-11-10-17(21-15(2)23)12-19(18)22(14)13-16-8-6-5-7-9-16/h5-12,14H,13H2,1-4H3,(H,21,23). The molecule has 3 rings (SSSR count). The zero-order valence-electron chi connectivity index (χ0n) is 14.3. The van der Waals surface area contributed by atoms with Gasteiger partial charge in [0.2, 0.25) is 5.91 Å². The highest BCUT2D eigenvalue weighted by atomic mass is 16.1. The molecular formula is C20H24N2O. The lowest BCUT2D eigenvalue weighted by atomic mass is 9.81. The van der Waals surface area contributed by atoms with E-state index in [1.165, 1.54) is 16.8 Å². The normalized spacial score (nSPS) is 18.6. The molecule has 2 aromatic rings. The maximum absolute atomic E-state index is 11.4. The summed E-state index contributed by atoms with van der Waals surface area (Å²) in [6.07, 6.45) is 0. The number of carbonyl (C=O) groups excluding carboxylic acids is 1. The molecule has 1 aliphatic heterocycles. The van der Waals surface area contributed by atoms with E-state index in [4.69, 9.17) is 0 Å². The fraction of sp³-hybridized carbons (Fsp3) is 0.350. The minimum absolute atomic E-state index is 0.0372. The molecule has 3 nitrogen and oxygen atoms in total. The maximum atomic E-state index is 11.4. The first-order valence-electron chi connectivity index (χ1n) is 8.12. The highest BCUT2D eigenvalue weighted by Crippen LogP contribution is 2.46. The summed E-state index contributed by atoms with van der Waals surface area (Å²) in [6.45, 7) is 9.28. The number of rotatable bonds is 3. The predicted molar refractivity (Wildman–Crippen MR) is 95.9 cm³/mol. The van der Waals surface area contributed by atoms with Gasteiger partial charge in [-0.2, -0.15) is 0 Å². The van der Waals surface area contributed by atoms with Crippen LogP contribution in [0.25, 0.3) is 0 Å². The van der Waals surface area contributed by atoms with Crippen LogP contribution in [0.4, 0.5) is 11.4 Å². The molecule has 0 saturated heterocycles. The number of amides is 1. The topological polar surface area (TPSA) is 32.3 Å². The summed E-state index contributed by atoms with van der Waals surface area (Å²) in [7, 11) is 0. The van der Waals surface area contributed by atoms with Crippen molar-refractivity contribution in [2.24, 2.45) is 0 Å². The van der Waals surface area contributed by atoms with E-state index < -0.39 is 0 Å². The third-order valence-electron chi connectivity index (χ3n) is 5.03. The Bertz CT molecular complexity index is 722. The monoisotopic (exact) mass is 308 g/mol. The number of nitrogens with zero attached hydrogens (tertiary/aromatic N) is 1. The Labute approximate surface area is 138 Å². The van der Waals surface area contributed by atoms with Crippen molar-refractivity contribution in [3.63, 3.8) is 0 Å². The molecule has 120 valence electrons. The summed E-state index contributed by atoms with van der Waals surface area (Å²) < 4.78 is 0. The van der Waals surface area contributed by atoms with Crippen molar-refractivity contribution in [1.29, 1.82) is 0 Å². The SMILES string of the molecule is CC(=O)Nc1ccc2c(c1)N(Cc1ccccc1)C(C)C2(C)C. The predicted octanol–water partition coefficient (Wildman–Crippen LogP) is 4.33. The van der Waals surface area contributed by atoms with Gasteiger partial charge in [0, 0.05) is 36.3 Å². The first kappa shape index (κ1) is 15.6. The Kier molecular flexibility index (Phi) is 3.88. The van der Waals surface area contributed by atoms with Crippen molar-refractivity contribution in [3.05, 3.63) is 59.7 Å². The summed E-state index contributed by atoms with van der Waals surface area (Å²) >= 11 is 0. The molecule has 1 unspecified atom stereocenters. The summed E-state index contributed by atoms with van der Waals surface area (Å²) in [5.41, 5.74) is 4.80. The largest absolute Gasteiger partial charge is 0.363 e. The van der Waals surface area contributed by atoms with E-state index >= 15 is 0 Å². The van der Waals surface area contributed by atoms with Crippen LogP contribution in [0.15, 0.2) is 48.5 Å². The van der Waals surface area contributed by atoms with Crippen molar-refractivity contribution in [1.82, 2.24) is 0 Å². The van der Waals surface area contributed by atoms with Gasteiger partial charge in [0.25, 0.3) is 0 Å². The molecule has 0 saturated carbocycles. The number of benzene rings is 2. The molecule has 0 radical (unpaired) electrons. The van der Waals surface area contributed by atoms with E-state index in [0.717, 1.165) is 12.2 Å². The Hall–Kier alpha value is -2.29.